The standard InChI is InChI=1S/C49H100O14/c1-50-26-28-54-34-36-58-42-44-62-48-46-60-40-38-56-32-30-52-24-22-20-18-16-14-12-10-8-6-4-3-5-7-9-11-13-15-17-19-21-23-25-53-31-33-57-39-41-61-47-49-63-45-43-59-37-35-55-29-27-51-2/h3-49H2,1-2H3. The number of ether oxygens (including phenoxy) is 14. The zero-order valence-electron chi connectivity index (χ0n) is 40.9. The Morgan fingerprint density at radius 2 is 0.238 bits per heavy atom. The molecule has 0 heterocycles. The van der Waals surface area contributed by atoms with Crippen molar-refractivity contribution in [3.63, 3.8) is 0 Å². The highest BCUT2D eigenvalue weighted by atomic mass is 16.6. The van der Waals surface area contributed by atoms with E-state index in [1.54, 1.807) is 14.2 Å². The van der Waals surface area contributed by atoms with Crippen LogP contribution in [0.25, 0.3) is 0 Å². The summed E-state index contributed by atoms with van der Waals surface area (Å²) >= 11 is 0. The van der Waals surface area contributed by atoms with E-state index < -0.39 is 0 Å². The molecule has 14 nitrogen and oxygen atoms in total. The van der Waals surface area contributed by atoms with Gasteiger partial charge in [-0.05, 0) is 12.8 Å². The van der Waals surface area contributed by atoms with E-state index >= 15 is 0 Å². The van der Waals surface area contributed by atoms with Gasteiger partial charge in [-0.3, -0.25) is 0 Å². The molecule has 0 atom stereocenters. The van der Waals surface area contributed by atoms with Crippen molar-refractivity contribution in [3.8, 4) is 0 Å². The van der Waals surface area contributed by atoms with Crippen LogP contribution in [0.4, 0.5) is 0 Å². The van der Waals surface area contributed by atoms with Gasteiger partial charge in [-0.25, -0.2) is 0 Å². The Balaban J connectivity index is 3.06. The van der Waals surface area contributed by atoms with Crippen LogP contribution in [0.3, 0.4) is 0 Å². The molecule has 0 rings (SSSR count). The van der Waals surface area contributed by atoms with Gasteiger partial charge in [0.25, 0.3) is 0 Å². The monoisotopic (exact) mass is 913 g/mol. The molecule has 14 heteroatoms. The second kappa shape index (κ2) is 61.4. The summed E-state index contributed by atoms with van der Waals surface area (Å²) in [5.74, 6) is 0. The zero-order valence-corrected chi connectivity index (χ0v) is 40.9. The second-order valence-electron chi connectivity index (χ2n) is 15.8. The van der Waals surface area contributed by atoms with Crippen LogP contribution in [0.15, 0.2) is 0 Å². The molecule has 63 heavy (non-hydrogen) atoms. The van der Waals surface area contributed by atoms with Crippen LogP contribution in [-0.4, -0.2) is 186 Å². The van der Waals surface area contributed by atoms with Crippen LogP contribution in [0, 0.1) is 0 Å². The van der Waals surface area contributed by atoms with E-state index in [1.165, 1.54) is 122 Å². The molecule has 0 aromatic heterocycles. The van der Waals surface area contributed by atoms with Gasteiger partial charge in [0.2, 0.25) is 0 Å². The third kappa shape index (κ3) is 61.4. The Morgan fingerprint density at radius 3 is 0.381 bits per heavy atom. The number of rotatable bonds is 60. The van der Waals surface area contributed by atoms with E-state index in [-0.39, 0.29) is 0 Å². The Labute approximate surface area is 386 Å². The molecule has 0 saturated carbocycles. The van der Waals surface area contributed by atoms with Crippen molar-refractivity contribution in [3.05, 3.63) is 0 Å². The fourth-order valence-corrected chi connectivity index (χ4v) is 6.45. The van der Waals surface area contributed by atoms with Crippen LogP contribution < -0.4 is 0 Å². The van der Waals surface area contributed by atoms with Crippen LogP contribution in [-0.2, 0) is 66.3 Å². The average molecular weight is 913 g/mol. The van der Waals surface area contributed by atoms with Gasteiger partial charge in [-0.2, -0.15) is 0 Å². The second-order valence-corrected chi connectivity index (χ2v) is 15.8. The van der Waals surface area contributed by atoms with Crippen LogP contribution in [0.2, 0.25) is 0 Å². The third-order valence-corrected chi connectivity index (χ3v) is 10.2. The molecule has 0 fully saturated rings. The Bertz CT molecular complexity index is 712. The molecule has 380 valence electrons. The van der Waals surface area contributed by atoms with Crippen molar-refractivity contribution in [2.75, 3.05) is 186 Å². The number of unbranched alkanes of at least 4 members (excludes halogenated alkanes) is 20. The van der Waals surface area contributed by atoms with Gasteiger partial charge in [-0.15, -0.1) is 0 Å². The lowest BCUT2D eigenvalue weighted by Crippen LogP contribution is -2.14. The minimum absolute atomic E-state index is 0.557. The molecular formula is C49H100O14. The molecule has 0 aliphatic rings. The first-order chi connectivity index (χ1) is 31.4. The third-order valence-electron chi connectivity index (χ3n) is 10.2. The number of methoxy groups -OCH3 is 2. The summed E-state index contributed by atoms with van der Waals surface area (Å²) in [6.45, 7) is 15.7. The van der Waals surface area contributed by atoms with E-state index in [1.807, 2.05) is 0 Å². The Morgan fingerprint density at radius 1 is 0.127 bits per heavy atom. The normalized spacial score (nSPS) is 11.7. The van der Waals surface area contributed by atoms with Gasteiger partial charge >= 0.3 is 0 Å². The van der Waals surface area contributed by atoms with Gasteiger partial charge in [0.15, 0.2) is 0 Å². The van der Waals surface area contributed by atoms with Gasteiger partial charge in [0.1, 0.15) is 0 Å². The van der Waals surface area contributed by atoms with Gasteiger partial charge < -0.3 is 66.3 Å². The van der Waals surface area contributed by atoms with E-state index in [9.17, 15) is 0 Å². The lowest BCUT2D eigenvalue weighted by Gasteiger charge is -2.08. The first-order valence-electron chi connectivity index (χ1n) is 25.3. The smallest absolute Gasteiger partial charge is 0.0701 e. The molecule has 0 saturated heterocycles. The predicted octanol–water partition coefficient (Wildman–Crippen LogP) is 8.67. The van der Waals surface area contributed by atoms with Crippen molar-refractivity contribution in [2.24, 2.45) is 0 Å². The summed E-state index contributed by atoms with van der Waals surface area (Å²) in [5.41, 5.74) is 0. The Kier molecular flexibility index (Phi) is 60.9. The largest absolute Gasteiger partial charge is 0.382 e. The van der Waals surface area contributed by atoms with E-state index in [4.69, 9.17) is 66.3 Å². The summed E-state index contributed by atoms with van der Waals surface area (Å²) in [5, 5.41) is 0. The highest BCUT2D eigenvalue weighted by Crippen LogP contribution is 2.15. The molecule has 0 aliphatic heterocycles. The summed E-state index contributed by atoms with van der Waals surface area (Å²) in [7, 11) is 3.32. The number of hydrogen-bond acceptors (Lipinski definition) is 14. The van der Waals surface area contributed by atoms with Crippen LogP contribution in [0.5, 0.6) is 0 Å². The molecule has 0 amide bonds. The summed E-state index contributed by atoms with van der Waals surface area (Å²) in [6, 6.07) is 0. The lowest BCUT2D eigenvalue weighted by atomic mass is 10.0. The topological polar surface area (TPSA) is 129 Å². The minimum Gasteiger partial charge on any atom is -0.382 e. The Hall–Kier alpha value is -0.560. The molecule has 0 radical (unpaired) electrons. The van der Waals surface area contributed by atoms with Crippen molar-refractivity contribution >= 4 is 0 Å². The predicted molar refractivity (Wildman–Crippen MR) is 251 cm³/mol. The zero-order chi connectivity index (χ0) is 45.1. The number of hydrogen-bond donors (Lipinski definition) is 0. The maximum Gasteiger partial charge on any atom is 0.0701 e. The van der Waals surface area contributed by atoms with E-state index in [0.717, 1.165) is 26.1 Å². The fraction of sp³-hybridized carbons (Fsp3) is 1.00. The molecule has 0 aliphatic carbocycles. The highest BCUT2D eigenvalue weighted by molar-refractivity contribution is 4.52. The fourth-order valence-electron chi connectivity index (χ4n) is 6.45. The molecule has 0 aromatic rings. The van der Waals surface area contributed by atoms with Crippen LogP contribution in [0.1, 0.15) is 135 Å². The molecule has 0 unspecified atom stereocenters. The van der Waals surface area contributed by atoms with Crippen molar-refractivity contribution in [1.82, 2.24) is 0 Å². The summed E-state index contributed by atoms with van der Waals surface area (Å²) < 4.78 is 76.0. The molecule has 0 spiro atoms. The molecule has 0 aromatic carbocycles. The molecule has 0 N–H and O–H groups in total. The van der Waals surface area contributed by atoms with E-state index in [0.29, 0.717) is 159 Å². The van der Waals surface area contributed by atoms with E-state index in [2.05, 4.69) is 0 Å². The van der Waals surface area contributed by atoms with Gasteiger partial charge in [0, 0.05) is 27.4 Å². The van der Waals surface area contributed by atoms with Gasteiger partial charge in [-0.1, -0.05) is 122 Å². The summed E-state index contributed by atoms with van der Waals surface area (Å²) in [6.07, 6.45) is 28.5. The van der Waals surface area contributed by atoms with Crippen molar-refractivity contribution < 1.29 is 66.3 Å². The maximum absolute atomic E-state index is 5.71. The maximum atomic E-state index is 5.71. The first kappa shape index (κ1) is 62.4. The van der Waals surface area contributed by atoms with Crippen LogP contribution >= 0.6 is 0 Å². The van der Waals surface area contributed by atoms with Crippen molar-refractivity contribution in [1.29, 1.82) is 0 Å². The lowest BCUT2D eigenvalue weighted by molar-refractivity contribution is -0.0191. The molecule has 0 bridgehead atoms. The minimum atomic E-state index is 0.557. The highest BCUT2D eigenvalue weighted by Gasteiger charge is 1.99. The quantitative estimate of drug-likeness (QED) is 0.0540. The first-order valence-corrected chi connectivity index (χ1v) is 25.3. The van der Waals surface area contributed by atoms with Crippen molar-refractivity contribution in [2.45, 2.75) is 135 Å². The summed E-state index contributed by atoms with van der Waals surface area (Å²) in [4.78, 5) is 0. The molecular weight excluding hydrogens is 813 g/mol. The van der Waals surface area contributed by atoms with Gasteiger partial charge in [0.05, 0.1) is 159 Å². The average Bonchev–Trinajstić information content (AvgIpc) is 3.29. The SMILES string of the molecule is COCCOCCOCCOCCOCCOCCOCCCCCCCCCCCCCCCCCCCCCCCOCCOCCOCCOCCOCCOCCOC.